The van der Waals surface area contributed by atoms with E-state index < -0.39 is 5.97 Å². The third-order valence-electron chi connectivity index (χ3n) is 2.49. The summed E-state index contributed by atoms with van der Waals surface area (Å²) in [7, 11) is 0. The minimum Gasteiger partial charge on any atom is -0.478 e. The van der Waals surface area contributed by atoms with Crippen LogP contribution in [0.25, 0.3) is 5.57 Å². The Bertz CT molecular complexity index is 352. The highest BCUT2D eigenvalue weighted by molar-refractivity contribution is 5.89. The van der Waals surface area contributed by atoms with Crippen LogP contribution in [0.5, 0.6) is 0 Å². The molecule has 0 saturated carbocycles. The quantitative estimate of drug-likeness (QED) is 0.583. The van der Waals surface area contributed by atoms with E-state index in [0.29, 0.717) is 0 Å². The van der Waals surface area contributed by atoms with E-state index >= 15 is 0 Å². The van der Waals surface area contributed by atoms with Gasteiger partial charge < -0.3 is 5.11 Å². The van der Waals surface area contributed by atoms with E-state index in [1.54, 1.807) is 0 Å². The summed E-state index contributed by atoms with van der Waals surface area (Å²) in [4.78, 5) is 10.7. The summed E-state index contributed by atoms with van der Waals surface area (Å²) in [5, 5.41) is 8.83. The fourth-order valence-electron chi connectivity index (χ4n) is 1.67. The van der Waals surface area contributed by atoms with Gasteiger partial charge in [0.25, 0.3) is 0 Å². The fourth-order valence-corrected chi connectivity index (χ4v) is 1.67. The molecule has 1 N–H and O–H groups in total. The van der Waals surface area contributed by atoms with E-state index in [1.165, 1.54) is 6.08 Å². The van der Waals surface area contributed by atoms with E-state index in [-0.39, 0.29) is 0 Å². The molecule has 0 aliphatic heterocycles. The number of allylic oxidation sites excluding steroid dienone is 1. The molecule has 1 aromatic rings. The van der Waals surface area contributed by atoms with Gasteiger partial charge in [-0.3, -0.25) is 0 Å². The van der Waals surface area contributed by atoms with Gasteiger partial charge in [0.15, 0.2) is 0 Å². The van der Waals surface area contributed by atoms with Crippen molar-refractivity contribution in [3.05, 3.63) is 42.0 Å². The van der Waals surface area contributed by atoms with Crippen molar-refractivity contribution in [3.8, 4) is 0 Å². The lowest BCUT2D eigenvalue weighted by Gasteiger charge is -2.06. The van der Waals surface area contributed by atoms with Crippen LogP contribution < -0.4 is 0 Å². The van der Waals surface area contributed by atoms with Crippen molar-refractivity contribution in [2.45, 2.75) is 32.6 Å². The van der Waals surface area contributed by atoms with E-state index in [0.717, 1.165) is 36.8 Å². The van der Waals surface area contributed by atoms with Gasteiger partial charge >= 0.3 is 5.97 Å². The predicted octanol–water partition coefficient (Wildman–Crippen LogP) is 3.73. The zero-order chi connectivity index (χ0) is 11.8. The average Bonchev–Trinajstić information content (AvgIpc) is 2.29. The van der Waals surface area contributed by atoms with E-state index in [2.05, 4.69) is 6.92 Å². The maximum absolute atomic E-state index is 10.7. The Morgan fingerprint density at radius 2 is 1.94 bits per heavy atom. The number of unbranched alkanes of at least 4 members (excludes halogenated alkanes) is 2. The lowest BCUT2D eigenvalue weighted by Crippen LogP contribution is -1.93. The highest BCUT2D eigenvalue weighted by atomic mass is 16.4. The van der Waals surface area contributed by atoms with Crippen molar-refractivity contribution in [1.29, 1.82) is 0 Å². The first-order chi connectivity index (χ1) is 7.74. The maximum atomic E-state index is 10.7. The third-order valence-corrected chi connectivity index (χ3v) is 2.49. The van der Waals surface area contributed by atoms with Gasteiger partial charge in [-0.2, -0.15) is 0 Å². The van der Waals surface area contributed by atoms with Crippen molar-refractivity contribution >= 4 is 11.5 Å². The van der Waals surface area contributed by atoms with E-state index in [4.69, 9.17) is 5.11 Å². The van der Waals surface area contributed by atoms with Crippen LogP contribution in [-0.4, -0.2) is 11.1 Å². The lowest BCUT2D eigenvalue weighted by atomic mass is 9.99. The van der Waals surface area contributed by atoms with Gasteiger partial charge in [0.05, 0.1) is 0 Å². The molecule has 0 amide bonds. The topological polar surface area (TPSA) is 37.3 Å². The van der Waals surface area contributed by atoms with Crippen LogP contribution in [-0.2, 0) is 4.79 Å². The molecule has 0 aliphatic rings. The van der Waals surface area contributed by atoms with Crippen LogP contribution in [0.2, 0.25) is 0 Å². The zero-order valence-electron chi connectivity index (χ0n) is 9.65. The summed E-state index contributed by atoms with van der Waals surface area (Å²) in [6, 6.07) is 9.73. The smallest absolute Gasteiger partial charge is 0.328 e. The van der Waals surface area contributed by atoms with Crippen LogP contribution in [0.3, 0.4) is 0 Å². The molecule has 0 unspecified atom stereocenters. The number of carboxylic acids is 1. The van der Waals surface area contributed by atoms with Gasteiger partial charge in [-0.25, -0.2) is 4.79 Å². The van der Waals surface area contributed by atoms with Crippen LogP contribution in [0.1, 0.15) is 38.2 Å². The summed E-state index contributed by atoms with van der Waals surface area (Å²) in [5.41, 5.74) is 1.93. The van der Waals surface area contributed by atoms with Crippen molar-refractivity contribution in [3.63, 3.8) is 0 Å². The minimum absolute atomic E-state index is 0.837. The van der Waals surface area contributed by atoms with Crippen molar-refractivity contribution in [2.75, 3.05) is 0 Å². The van der Waals surface area contributed by atoms with Crippen LogP contribution in [0, 0.1) is 0 Å². The monoisotopic (exact) mass is 218 g/mol. The molecule has 0 aromatic heterocycles. The van der Waals surface area contributed by atoms with Crippen LogP contribution >= 0.6 is 0 Å². The Hall–Kier alpha value is -1.57. The summed E-state index contributed by atoms with van der Waals surface area (Å²) in [5.74, 6) is -0.865. The van der Waals surface area contributed by atoms with Gasteiger partial charge in [0, 0.05) is 6.08 Å². The first-order valence-electron chi connectivity index (χ1n) is 5.73. The third kappa shape index (κ3) is 4.30. The molecule has 2 heteroatoms. The Kier molecular flexibility index (Phi) is 5.34. The van der Waals surface area contributed by atoms with Gasteiger partial charge in [-0.05, 0) is 24.0 Å². The molecule has 2 nitrogen and oxygen atoms in total. The molecule has 16 heavy (non-hydrogen) atoms. The zero-order valence-corrected chi connectivity index (χ0v) is 9.65. The largest absolute Gasteiger partial charge is 0.478 e. The van der Waals surface area contributed by atoms with Crippen LogP contribution in [0.15, 0.2) is 36.4 Å². The SMILES string of the molecule is CCCCC/C(=C\C(=O)O)c1ccccc1. The Labute approximate surface area is 96.6 Å². The second-order valence-electron chi connectivity index (χ2n) is 3.83. The van der Waals surface area contributed by atoms with Gasteiger partial charge in [-0.1, -0.05) is 50.1 Å². The Morgan fingerprint density at radius 1 is 1.25 bits per heavy atom. The average molecular weight is 218 g/mol. The number of hydrogen-bond acceptors (Lipinski definition) is 1. The van der Waals surface area contributed by atoms with Gasteiger partial charge in [0.2, 0.25) is 0 Å². The highest BCUT2D eigenvalue weighted by Crippen LogP contribution is 2.20. The molecule has 0 radical (unpaired) electrons. The van der Waals surface area contributed by atoms with Crippen molar-refractivity contribution in [1.82, 2.24) is 0 Å². The van der Waals surface area contributed by atoms with Crippen molar-refractivity contribution < 1.29 is 9.90 Å². The summed E-state index contributed by atoms with van der Waals surface area (Å²) in [6.45, 7) is 2.14. The standard InChI is InChI=1S/C14H18O2/c1-2-3-5-10-13(11-14(15)16)12-8-6-4-7-9-12/h4,6-9,11H,2-3,5,10H2,1H3,(H,15,16)/b13-11+. The molecule has 0 atom stereocenters. The normalized spacial score (nSPS) is 11.4. The molecule has 86 valence electrons. The molecule has 0 bridgehead atoms. The number of benzene rings is 1. The molecule has 1 aromatic carbocycles. The first kappa shape index (κ1) is 12.5. The second kappa shape index (κ2) is 6.83. The highest BCUT2D eigenvalue weighted by Gasteiger charge is 2.03. The van der Waals surface area contributed by atoms with E-state index in [9.17, 15) is 4.79 Å². The number of carbonyl (C=O) groups is 1. The maximum Gasteiger partial charge on any atom is 0.328 e. The number of hydrogen-bond donors (Lipinski definition) is 1. The van der Waals surface area contributed by atoms with Gasteiger partial charge in [-0.15, -0.1) is 0 Å². The Morgan fingerprint density at radius 3 is 2.50 bits per heavy atom. The molecule has 0 fully saturated rings. The van der Waals surface area contributed by atoms with Crippen molar-refractivity contribution in [2.24, 2.45) is 0 Å². The Balaban J connectivity index is 2.76. The van der Waals surface area contributed by atoms with Crippen LogP contribution in [0.4, 0.5) is 0 Å². The molecule has 0 heterocycles. The fraction of sp³-hybridized carbons (Fsp3) is 0.357. The molecule has 0 saturated heterocycles. The molecular formula is C14H18O2. The van der Waals surface area contributed by atoms with E-state index in [1.807, 2.05) is 30.3 Å². The molecular weight excluding hydrogens is 200 g/mol. The lowest BCUT2D eigenvalue weighted by molar-refractivity contribution is -0.131. The predicted molar refractivity (Wildman–Crippen MR) is 66.2 cm³/mol. The number of carboxylic acid groups (broad SMARTS) is 1. The summed E-state index contributed by atoms with van der Waals surface area (Å²) in [6.07, 6.45) is 5.50. The first-order valence-corrected chi connectivity index (χ1v) is 5.73. The van der Waals surface area contributed by atoms with Gasteiger partial charge in [0.1, 0.15) is 0 Å². The molecule has 1 rings (SSSR count). The molecule has 0 aliphatic carbocycles. The minimum atomic E-state index is -0.865. The molecule has 0 spiro atoms. The summed E-state index contributed by atoms with van der Waals surface area (Å²) >= 11 is 0. The number of rotatable bonds is 6. The second-order valence-corrected chi connectivity index (χ2v) is 3.83. The number of aliphatic carboxylic acids is 1. The summed E-state index contributed by atoms with van der Waals surface area (Å²) < 4.78 is 0.